The molecule has 0 saturated heterocycles. The third kappa shape index (κ3) is 7.06. The van der Waals surface area contributed by atoms with E-state index < -0.39 is 16.1 Å². The number of benzene rings is 4. The molecule has 1 atom stereocenters. The Morgan fingerprint density at radius 2 is 1.50 bits per heavy atom. The summed E-state index contributed by atoms with van der Waals surface area (Å²) >= 11 is 0. The summed E-state index contributed by atoms with van der Waals surface area (Å²) in [7, 11) is -0.766. The first-order chi connectivity index (χ1) is 23.4. The topological polar surface area (TPSA) is 144 Å². The van der Waals surface area contributed by atoms with Crippen molar-refractivity contribution in [1.29, 1.82) is 4.78 Å². The van der Waals surface area contributed by atoms with Crippen molar-refractivity contribution in [1.82, 2.24) is 9.97 Å². The summed E-state index contributed by atoms with van der Waals surface area (Å²) in [4.78, 5) is 36.3. The lowest BCUT2D eigenvalue weighted by atomic mass is 9.95. The van der Waals surface area contributed by atoms with Crippen LogP contribution in [0.4, 0.5) is 39.3 Å². The largest absolute Gasteiger partial charge is 0.369 e. The van der Waals surface area contributed by atoms with E-state index in [2.05, 4.69) is 31.6 Å². The minimum absolute atomic E-state index is 0.0229. The van der Waals surface area contributed by atoms with Gasteiger partial charge in [-0.3, -0.25) is 9.57 Å². The fourth-order valence-electron chi connectivity index (χ4n) is 5.83. The van der Waals surface area contributed by atoms with E-state index in [1.807, 2.05) is 103 Å². The number of urea groups is 1. The van der Waals surface area contributed by atoms with Crippen LogP contribution in [0.25, 0.3) is 11.1 Å². The number of nitrogens with one attached hydrogen (secondary N) is 6. The third-order valence-electron chi connectivity index (χ3n) is 8.56. The maximum atomic E-state index is 13.3. The number of fused-ring (bicyclic) bond motifs is 4. The summed E-state index contributed by atoms with van der Waals surface area (Å²) in [5.41, 5.74) is 5.04. The number of anilines is 6. The Balaban J connectivity index is 1.10. The van der Waals surface area contributed by atoms with Crippen LogP contribution in [0.3, 0.4) is 0 Å². The zero-order valence-corrected chi connectivity index (χ0v) is 27.1. The number of hydrogen-bond acceptors (Lipinski definition) is 7. The highest BCUT2D eigenvalue weighted by Crippen LogP contribution is 2.49. The molecule has 1 aromatic heterocycles. The molecule has 0 radical (unpaired) electrons. The lowest BCUT2D eigenvalue weighted by molar-refractivity contribution is -0.118. The van der Waals surface area contributed by atoms with Crippen molar-refractivity contribution in [3.8, 4) is 11.1 Å². The molecule has 5 aromatic rings. The van der Waals surface area contributed by atoms with E-state index >= 15 is 0 Å². The Bertz CT molecular complexity index is 1970. The van der Waals surface area contributed by atoms with Crippen molar-refractivity contribution in [2.75, 3.05) is 38.9 Å². The standard InChI is InChI=1S/C37H36N8O2S/c38-48-20-8-7-19-39-33-32(25-13-15-28(16-14-25)41-34(46)37(17-18-37)26-9-3-1-4-10-26)24-40-35(45-33)42-29-21-30(23-31(48)22-29)44-36(47)43-27-11-5-2-6-12-27/h1-6,9-16,21-24,38H,7-8,17-20H2,(H,41,46)(H2,43,44,47)(H2,39,40,42,45). The van der Waals surface area contributed by atoms with E-state index in [0.717, 1.165) is 53.0 Å². The molecule has 2 heterocycles. The number of rotatable bonds is 6. The monoisotopic (exact) mass is 656 g/mol. The van der Waals surface area contributed by atoms with E-state index in [9.17, 15) is 9.59 Å². The number of carbonyl (C=O) groups is 2. The van der Waals surface area contributed by atoms with E-state index in [4.69, 9.17) is 9.76 Å². The van der Waals surface area contributed by atoms with Gasteiger partial charge in [-0.05, 0) is 79.3 Å². The van der Waals surface area contributed by atoms with Gasteiger partial charge in [0.05, 0.1) is 5.41 Å². The predicted molar refractivity (Wildman–Crippen MR) is 193 cm³/mol. The molecule has 4 bridgehead atoms. The van der Waals surface area contributed by atoms with Gasteiger partial charge >= 0.3 is 6.03 Å². The van der Waals surface area contributed by atoms with Gasteiger partial charge < -0.3 is 26.6 Å². The van der Waals surface area contributed by atoms with Gasteiger partial charge in [-0.15, -0.1) is 0 Å². The van der Waals surface area contributed by atoms with E-state index in [1.165, 1.54) is 0 Å². The summed E-state index contributed by atoms with van der Waals surface area (Å²) in [5.74, 6) is 1.80. The molecule has 6 N–H and O–H groups in total. The molecule has 11 heteroatoms. The second-order valence-corrected chi connectivity index (χ2v) is 13.6. The summed E-state index contributed by atoms with van der Waals surface area (Å²) in [6.45, 7) is 0.695. The second kappa shape index (κ2) is 13.7. The van der Waals surface area contributed by atoms with Gasteiger partial charge in [0.2, 0.25) is 11.9 Å². The Morgan fingerprint density at radius 1 is 0.792 bits per heavy atom. The third-order valence-corrected chi connectivity index (χ3v) is 10.1. The molecule has 242 valence electrons. The number of amides is 3. The molecule has 4 aromatic carbocycles. The van der Waals surface area contributed by atoms with Crippen molar-refractivity contribution in [2.24, 2.45) is 0 Å². The Morgan fingerprint density at radius 3 is 2.25 bits per heavy atom. The molecule has 1 saturated carbocycles. The van der Waals surface area contributed by atoms with Gasteiger partial charge in [-0.25, -0.2) is 9.78 Å². The van der Waals surface area contributed by atoms with Gasteiger partial charge in [0.15, 0.2) is 0 Å². The lowest BCUT2D eigenvalue weighted by Gasteiger charge is -2.16. The minimum Gasteiger partial charge on any atom is -0.369 e. The van der Waals surface area contributed by atoms with Crippen molar-refractivity contribution in [3.05, 3.63) is 115 Å². The fourth-order valence-corrected chi connectivity index (χ4v) is 7.09. The number of para-hydroxylation sites is 1. The zero-order valence-electron chi connectivity index (χ0n) is 26.3. The van der Waals surface area contributed by atoms with E-state index in [0.29, 0.717) is 41.1 Å². The molecule has 3 amide bonds. The average molecular weight is 657 g/mol. The van der Waals surface area contributed by atoms with Crippen LogP contribution in [0.5, 0.6) is 0 Å². The van der Waals surface area contributed by atoms with Gasteiger partial charge in [0, 0.05) is 51.7 Å². The van der Waals surface area contributed by atoms with Crippen molar-refractivity contribution >= 4 is 57.1 Å². The number of aromatic nitrogens is 2. The Kier molecular flexibility index (Phi) is 8.84. The van der Waals surface area contributed by atoms with Gasteiger partial charge in [0.25, 0.3) is 0 Å². The first kappa shape index (κ1) is 31.1. The van der Waals surface area contributed by atoms with Crippen LogP contribution < -0.4 is 26.6 Å². The molecule has 0 spiro atoms. The molecule has 1 fully saturated rings. The quantitative estimate of drug-likeness (QED) is 0.109. The highest BCUT2D eigenvalue weighted by atomic mass is 32.2. The maximum absolute atomic E-state index is 13.3. The zero-order chi connectivity index (χ0) is 32.9. The van der Waals surface area contributed by atoms with Crippen LogP contribution in [0.2, 0.25) is 0 Å². The summed E-state index contributed by atoms with van der Waals surface area (Å²) < 4.78 is 8.84. The molecule has 1 aliphatic heterocycles. The van der Waals surface area contributed by atoms with Crippen LogP contribution in [0, 0.1) is 4.78 Å². The smallest absolute Gasteiger partial charge is 0.323 e. The first-order valence-corrected chi connectivity index (χ1v) is 17.4. The van der Waals surface area contributed by atoms with E-state index in [-0.39, 0.29) is 11.9 Å². The van der Waals surface area contributed by atoms with Crippen LogP contribution in [0.15, 0.2) is 114 Å². The van der Waals surface area contributed by atoms with E-state index in [1.54, 1.807) is 6.20 Å². The van der Waals surface area contributed by atoms with Crippen LogP contribution in [-0.4, -0.2) is 34.2 Å². The summed E-state index contributed by atoms with van der Waals surface area (Å²) in [6.07, 6.45) is 5.21. The molecule has 1 aliphatic carbocycles. The Hall–Kier alpha value is -5.55. The van der Waals surface area contributed by atoms with Crippen LogP contribution in [0.1, 0.15) is 31.2 Å². The number of carbonyl (C=O) groups excluding carboxylic acids is 2. The normalized spacial score (nSPS) is 16.4. The first-order valence-electron chi connectivity index (χ1n) is 16.0. The lowest BCUT2D eigenvalue weighted by Crippen LogP contribution is -2.27. The summed E-state index contributed by atoms with van der Waals surface area (Å²) in [5, 5.41) is 15.6. The van der Waals surface area contributed by atoms with Gasteiger partial charge in [-0.2, -0.15) is 4.98 Å². The summed E-state index contributed by atoms with van der Waals surface area (Å²) in [6, 6.07) is 32.2. The maximum Gasteiger partial charge on any atom is 0.323 e. The molecule has 7 rings (SSSR count). The molecule has 1 unspecified atom stereocenters. The van der Waals surface area contributed by atoms with Gasteiger partial charge in [-0.1, -0.05) is 71.4 Å². The molecule has 2 aliphatic rings. The fraction of sp³-hybridized carbons (Fsp3) is 0.189. The van der Waals surface area contributed by atoms with Crippen molar-refractivity contribution < 1.29 is 9.59 Å². The second-order valence-electron chi connectivity index (χ2n) is 12.0. The average Bonchev–Trinajstić information content (AvgIpc) is 3.91. The SMILES string of the molecule is N=S1CCCCNc2nc(ncc2-c2ccc(NC(=O)C3(c4ccccc4)CC3)cc2)Nc2cc(NC(=O)Nc3ccccc3)cc1c2. The highest BCUT2D eigenvalue weighted by Gasteiger charge is 2.51. The molecule has 48 heavy (non-hydrogen) atoms. The molecule has 10 nitrogen and oxygen atoms in total. The molecular formula is C37H36N8O2S. The van der Waals surface area contributed by atoms with Crippen molar-refractivity contribution in [3.63, 3.8) is 0 Å². The van der Waals surface area contributed by atoms with Crippen LogP contribution >= 0.6 is 0 Å². The predicted octanol–water partition coefficient (Wildman–Crippen LogP) is 8.15. The van der Waals surface area contributed by atoms with Crippen LogP contribution in [-0.2, 0) is 20.9 Å². The van der Waals surface area contributed by atoms with Gasteiger partial charge in [0.1, 0.15) is 5.82 Å². The Labute approximate surface area is 281 Å². The van der Waals surface area contributed by atoms with Crippen molar-refractivity contribution in [2.45, 2.75) is 36.0 Å². The highest BCUT2D eigenvalue weighted by molar-refractivity contribution is 7.86. The minimum atomic E-state index is -0.766. The number of nitrogens with zero attached hydrogens (tertiary/aromatic N) is 2. The number of hydrogen-bond donors (Lipinski definition) is 6. The molecular weight excluding hydrogens is 621 g/mol.